The number of hydrogen-bond acceptors (Lipinski definition) is 5. The van der Waals surface area contributed by atoms with Crippen LogP contribution in [0.3, 0.4) is 0 Å². The molecule has 0 amide bonds. The summed E-state index contributed by atoms with van der Waals surface area (Å²) in [6.07, 6.45) is 4.68. The maximum atomic E-state index is 12.7. The minimum atomic E-state index is -3.92. The summed E-state index contributed by atoms with van der Waals surface area (Å²) in [5.41, 5.74) is 3.11. The average molecular weight is 428 g/mol. The van der Waals surface area contributed by atoms with Crippen LogP contribution in [0.4, 0.5) is 4.39 Å². The molecule has 1 aromatic carbocycles. The fourth-order valence-electron chi connectivity index (χ4n) is 3.49. The Morgan fingerprint density at radius 2 is 2.03 bits per heavy atom. The van der Waals surface area contributed by atoms with Crippen LogP contribution in [0.25, 0.3) is 22.4 Å². The number of nitrogens with one attached hydrogen (secondary N) is 1. The molecule has 1 N–H and O–H groups in total. The van der Waals surface area contributed by atoms with E-state index in [-0.39, 0.29) is 4.90 Å². The van der Waals surface area contributed by atoms with Crippen LogP contribution in [0.15, 0.2) is 35.5 Å². The first-order valence-electron chi connectivity index (χ1n) is 9.77. The van der Waals surface area contributed by atoms with Gasteiger partial charge in [0.1, 0.15) is 23.3 Å². The molecule has 1 saturated carbocycles. The van der Waals surface area contributed by atoms with E-state index in [1.165, 1.54) is 19.3 Å². The van der Waals surface area contributed by atoms with Crippen LogP contribution in [0.1, 0.15) is 30.9 Å². The number of sulfonamides is 1. The van der Waals surface area contributed by atoms with Crippen LogP contribution in [0.5, 0.6) is 0 Å². The largest absolute Gasteiger partial charge is 0.336 e. The Labute approximate surface area is 174 Å². The first-order chi connectivity index (χ1) is 14.3. The first-order valence-corrected chi connectivity index (χ1v) is 11.3. The molecule has 3 aromatic rings. The summed E-state index contributed by atoms with van der Waals surface area (Å²) in [5, 5.41) is 10.7. The third kappa shape index (κ3) is 3.80. The van der Waals surface area contributed by atoms with E-state index in [0.29, 0.717) is 23.0 Å². The van der Waals surface area contributed by atoms with Crippen LogP contribution in [-0.4, -0.2) is 35.7 Å². The molecule has 2 heterocycles. The number of aryl methyl sites for hydroxylation is 1. The first kappa shape index (κ1) is 20.4. The number of alkyl halides is 1. The van der Waals surface area contributed by atoms with Gasteiger partial charge >= 0.3 is 0 Å². The lowest BCUT2D eigenvalue weighted by molar-refractivity contribution is 0.423. The number of hydrogen-bond donors (Lipinski definition) is 1. The molecule has 0 radical (unpaired) electrons. The number of benzene rings is 1. The summed E-state index contributed by atoms with van der Waals surface area (Å²) in [4.78, 5) is 8.39. The van der Waals surface area contributed by atoms with Crippen LogP contribution < -0.4 is 4.72 Å². The second-order valence-electron chi connectivity index (χ2n) is 7.83. The second kappa shape index (κ2) is 7.78. The molecule has 2 aromatic heterocycles. The fraction of sp³-hybridized carbons (Fsp3) is 0.381. The number of aromatic nitrogens is 3. The molecule has 1 aliphatic carbocycles. The molecule has 1 fully saturated rings. The zero-order valence-corrected chi connectivity index (χ0v) is 17.6. The molecule has 30 heavy (non-hydrogen) atoms. The van der Waals surface area contributed by atoms with E-state index in [1.807, 2.05) is 25.1 Å². The van der Waals surface area contributed by atoms with Gasteiger partial charge < -0.3 is 4.57 Å². The van der Waals surface area contributed by atoms with Crippen molar-refractivity contribution in [2.24, 2.45) is 5.92 Å². The van der Waals surface area contributed by atoms with Gasteiger partial charge in [-0.25, -0.2) is 27.5 Å². The van der Waals surface area contributed by atoms with Crippen molar-refractivity contribution in [3.63, 3.8) is 0 Å². The Bertz CT molecular complexity index is 1240. The van der Waals surface area contributed by atoms with Crippen LogP contribution >= 0.6 is 0 Å². The Hall–Kier alpha value is -2.83. The van der Waals surface area contributed by atoms with Gasteiger partial charge in [0.25, 0.3) is 0 Å². The van der Waals surface area contributed by atoms with Crippen molar-refractivity contribution < 1.29 is 12.8 Å². The maximum Gasteiger partial charge on any atom is 0.243 e. The average Bonchev–Trinajstić information content (AvgIpc) is 3.49. The molecule has 0 saturated heterocycles. The van der Waals surface area contributed by atoms with E-state index in [2.05, 4.69) is 25.3 Å². The number of nitriles is 1. The quantitative estimate of drug-likeness (QED) is 0.623. The van der Waals surface area contributed by atoms with Crippen LogP contribution in [0.2, 0.25) is 0 Å². The van der Waals surface area contributed by atoms with Crippen molar-refractivity contribution in [3.05, 3.63) is 41.7 Å². The monoisotopic (exact) mass is 427 g/mol. The number of nitrogens with zero attached hydrogens (tertiary/aromatic N) is 4. The molecule has 7 nitrogen and oxygen atoms in total. The van der Waals surface area contributed by atoms with Gasteiger partial charge in [-0.05, 0) is 44.2 Å². The second-order valence-corrected chi connectivity index (χ2v) is 9.54. The van der Waals surface area contributed by atoms with Gasteiger partial charge in [0.05, 0.1) is 23.5 Å². The van der Waals surface area contributed by atoms with Gasteiger partial charge in [-0.2, -0.15) is 5.26 Å². The highest BCUT2D eigenvalue weighted by Gasteiger charge is 2.28. The molecule has 0 bridgehead atoms. The summed E-state index contributed by atoms with van der Waals surface area (Å²) >= 11 is 0. The Morgan fingerprint density at radius 3 is 2.63 bits per heavy atom. The van der Waals surface area contributed by atoms with E-state index in [4.69, 9.17) is 0 Å². The molecule has 4 rings (SSSR count). The number of fused-ring (bicyclic) bond motifs is 1. The molecule has 9 heteroatoms. The summed E-state index contributed by atoms with van der Waals surface area (Å²) < 4.78 is 41.7. The predicted molar refractivity (Wildman–Crippen MR) is 111 cm³/mol. The van der Waals surface area contributed by atoms with Crippen molar-refractivity contribution in [3.8, 4) is 17.6 Å². The Balaban J connectivity index is 1.82. The Morgan fingerprint density at radius 1 is 1.33 bits per heavy atom. The highest BCUT2D eigenvalue weighted by Crippen LogP contribution is 2.37. The van der Waals surface area contributed by atoms with Crippen molar-refractivity contribution in [2.45, 2.75) is 44.2 Å². The lowest BCUT2D eigenvalue weighted by Crippen LogP contribution is -2.34. The minimum absolute atomic E-state index is 0.147. The zero-order valence-electron chi connectivity index (χ0n) is 16.8. The van der Waals surface area contributed by atoms with Gasteiger partial charge in [0.15, 0.2) is 5.82 Å². The summed E-state index contributed by atoms with van der Waals surface area (Å²) in [6.45, 7) is 3.38. The van der Waals surface area contributed by atoms with Crippen LogP contribution in [-0.2, 0) is 16.6 Å². The summed E-state index contributed by atoms with van der Waals surface area (Å²) in [5.74, 6) is 0.844. The summed E-state index contributed by atoms with van der Waals surface area (Å²) in [7, 11) is -3.92. The van der Waals surface area contributed by atoms with E-state index in [1.54, 1.807) is 0 Å². The van der Waals surface area contributed by atoms with Gasteiger partial charge in [0, 0.05) is 18.0 Å². The van der Waals surface area contributed by atoms with Crippen molar-refractivity contribution >= 4 is 20.9 Å². The number of halogens is 1. The van der Waals surface area contributed by atoms with Crippen molar-refractivity contribution in [1.29, 1.82) is 5.26 Å². The molecule has 156 valence electrons. The van der Waals surface area contributed by atoms with Gasteiger partial charge in [-0.1, -0.05) is 12.1 Å². The van der Waals surface area contributed by atoms with Crippen LogP contribution in [0, 0.1) is 24.2 Å². The van der Waals surface area contributed by atoms with E-state index in [9.17, 15) is 18.1 Å². The SMILES string of the molecule is Cc1ccc2c(C#N)c(-c3ncc(S(=O)(=O)N[C@@H](C)CF)cn3)n(CC3CC3)c2c1. The van der Waals surface area contributed by atoms with Crippen molar-refractivity contribution in [2.75, 3.05) is 6.67 Å². The topological polar surface area (TPSA) is 101 Å². The molecular formula is C21H22FN5O2S. The van der Waals surface area contributed by atoms with Gasteiger partial charge in [-0.3, -0.25) is 0 Å². The van der Waals surface area contributed by atoms with Gasteiger partial charge in [-0.15, -0.1) is 0 Å². The third-order valence-corrected chi connectivity index (χ3v) is 6.75. The Kier molecular flexibility index (Phi) is 5.30. The van der Waals surface area contributed by atoms with E-state index < -0.39 is 22.7 Å². The third-order valence-electron chi connectivity index (χ3n) is 5.21. The number of rotatable bonds is 7. The predicted octanol–water partition coefficient (Wildman–Crippen LogP) is 3.32. The van der Waals surface area contributed by atoms with Gasteiger partial charge in [0.2, 0.25) is 10.0 Å². The highest BCUT2D eigenvalue weighted by atomic mass is 32.2. The standard InChI is InChI=1S/C21H22FN5O2S/c1-13-3-6-17-18(9-23)20(27(19(17)7-13)12-15-4-5-15)21-24-10-16(11-25-21)30(28,29)26-14(2)8-22/h3,6-7,10-11,14-15,26H,4-5,8,12H2,1-2H3/t14-/m0/s1. The lowest BCUT2D eigenvalue weighted by atomic mass is 10.1. The molecular weight excluding hydrogens is 405 g/mol. The lowest BCUT2D eigenvalue weighted by Gasteiger charge is -2.12. The van der Waals surface area contributed by atoms with E-state index in [0.717, 1.165) is 35.9 Å². The maximum absolute atomic E-state index is 12.7. The van der Waals surface area contributed by atoms with Crippen molar-refractivity contribution in [1.82, 2.24) is 19.3 Å². The molecule has 0 aliphatic heterocycles. The molecule has 0 unspecified atom stereocenters. The summed E-state index contributed by atoms with van der Waals surface area (Å²) in [6, 6.07) is 7.37. The zero-order chi connectivity index (χ0) is 21.5. The molecule has 1 aliphatic rings. The molecule has 0 spiro atoms. The van der Waals surface area contributed by atoms with E-state index >= 15 is 0 Å². The minimum Gasteiger partial charge on any atom is -0.336 e. The molecule has 1 atom stereocenters. The highest BCUT2D eigenvalue weighted by molar-refractivity contribution is 7.89. The smallest absolute Gasteiger partial charge is 0.243 e. The normalized spacial score (nSPS) is 15.3. The fourth-order valence-corrected chi connectivity index (χ4v) is 4.61.